The molecule has 1 aromatic carbocycles. The van der Waals surface area contributed by atoms with Gasteiger partial charge in [0.2, 0.25) is 0 Å². The smallest absolute Gasteiger partial charge is 0.268 e. The number of hydrogen-bond donors (Lipinski definition) is 3. The van der Waals surface area contributed by atoms with Crippen LogP contribution in [0, 0.1) is 5.92 Å². The number of nitrogens with two attached hydrogens (primary N) is 1. The molecule has 0 atom stereocenters. The molecule has 2 aromatic heterocycles. The number of benzene rings is 1. The lowest BCUT2D eigenvalue weighted by atomic mass is 10.0. The van der Waals surface area contributed by atoms with Gasteiger partial charge in [0.25, 0.3) is 11.8 Å². The first kappa shape index (κ1) is 20.4. The molecule has 0 spiro atoms. The van der Waals surface area contributed by atoms with Crippen molar-refractivity contribution in [3.63, 3.8) is 0 Å². The van der Waals surface area contributed by atoms with Crippen LogP contribution in [0.3, 0.4) is 0 Å². The van der Waals surface area contributed by atoms with Gasteiger partial charge >= 0.3 is 0 Å². The van der Waals surface area contributed by atoms with Crippen LogP contribution in [0.1, 0.15) is 46.5 Å². The number of nitrogens with one attached hydrogen (secondary N) is 2. The molecule has 9 nitrogen and oxygen atoms in total. The Balaban J connectivity index is 1.43. The van der Waals surface area contributed by atoms with Crippen molar-refractivity contribution < 1.29 is 14.3 Å². The summed E-state index contributed by atoms with van der Waals surface area (Å²) < 4.78 is 7.24. The van der Waals surface area contributed by atoms with Crippen molar-refractivity contribution in [2.24, 2.45) is 11.7 Å². The molecule has 2 aliphatic rings. The van der Waals surface area contributed by atoms with Gasteiger partial charge in [-0.05, 0) is 43.7 Å². The van der Waals surface area contributed by atoms with E-state index in [0.717, 1.165) is 56.7 Å². The van der Waals surface area contributed by atoms with Gasteiger partial charge in [0.1, 0.15) is 5.69 Å². The third-order valence-corrected chi connectivity index (χ3v) is 6.00. The number of carbonyl (C=O) groups excluding carboxylic acids is 2. The number of fused-ring (bicyclic) bond motifs is 1. The molecule has 2 fully saturated rings. The Hall–Kier alpha value is -3.46. The molecule has 4 N–H and O–H groups in total. The van der Waals surface area contributed by atoms with Gasteiger partial charge in [0, 0.05) is 43.1 Å². The van der Waals surface area contributed by atoms with Crippen molar-refractivity contribution in [3.05, 3.63) is 47.9 Å². The first-order valence-electron chi connectivity index (χ1n) is 11.0. The maximum Gasteiger partial charge on any atom is 0.268 e. The molecule has 0 radical (unpaired) electrons. The lowest BCUT2D eigenvalue weighted by Crippen LogP contribution is -2.25. The van der Waals surface area contributed by atoms with E-state index in [4.69, 9.17) is 10.5 Å². The topological polar surface area (TPSA) is 124 Å². The molecular weight excluding hydrogens is 408 g/mol. The van der Waals surface area contributed by atoms with Crippen LogP contribution in [0.25, 0.3) is 16.9 Å². The van der Waals surface area contributed by atoms with E-state index in [2.05, 4.69) is 20.6 Å². The number of carbonyl (C=O) groups is 2. The number of imidazole rings is 1. The normalized spacial score (nSPS) is 16.8. The van der Waals surface area contributed by atoms with Crippen LogP contribution in [0.2, 0.25) is 0 Å². The quantitative estimate of drug-likeness (QED) is 0.524. The first-order valence-corrected chi connectivity index (χ1v) is 11.0. The molecule has 1 aliphatic heterocycles. The van der Waals surface area contributed by atoms with E-state index in [-0.39, 0.29) is 11.6 Å². The van der Waals surface area contributed by atoms with E-state index in [9.17, 15) is 9.59 Å². The number of amides is 2. The van der Waals surface area contributed by atoms with Gasteiger partial charge < -0.3 is 21.1 Å². The monoisotopic (exact) mass is 434 g/mol. The second-order valence-corrected chi connectivity index (χ2v) is 8.44. The van der Waals surface area contributed by atoms with Crippen LogP contribution in [0.15, 0.2) is 36.7 Å². The Morgan fingerprint density at radius 1 is 1.12 bits per heavy atom. The van der Waals surface area contributed by atoms with Crippen molar-refractivity contribution >= 4 is 23.3 Å². The summed E-state index contributed by atoms with van der Waals surface area (Å²) in [5.41, 5.74) is 8.60. The minimum Gasteiger partial charge on any atom is -0.381 e. The predicted octanol–water partition coefficient (Wildman–Crippen LogP) is 2.23. The summed E-state index contributed by atoms with van der Waals surface area (Å²) in [6.45, 7) is 2.25. The highest BCUT2D eigenvalue weighted by molar-refractivity contribution is 5.95. The van der Waals surface area contributed by atoms with Crippen LogP contribution < -0.4 is 16.4 Å². The molecule has 0 bridgehead atoms. The maximum absolute atomic E-state index is 12.3. The fourth-order valence-corrected chi connectivity index (χ4v) is 3.92. The molecule has 166 valence electrons. The summed E-state index contributed by atoms with van der Waals surface area (Å²) in [6.07, 6.45) is 7.41. The Kier molecular flexibility index (Phi) is 5.48. The minimum atomic E-state index is -0.604. The van der Waals surface area contributed by atoms with Gasteiger partial charge in [-0.1, -0.05) is 12.1 Å². The molecule has 1 aliphatic carbocycles. The lowest BCUT2D eigenvalue weighted by Gasteiger charge is -2.22. The third-order valence-electron chi connectivity index (χ3n) is 6.00. The Labute approximate surface area is 185 Å². The van der Waals surface area contributed by atoms with Gasteiger partial charge in [-0.15, -0.1) is 0 Å². The Bertz CT molecular complexity index is 1150. The van der Waals surface area contributed by atoms with Crippen molar-refractivity contribution in [1.82, 2.24) is 19.7 Å². The molecule has 2 amide bonds. The second-order valence-electron chi connectivity index (χ2n) is 8.44. The summed E-state index contributed by atoms with van der Waals surface area (Å²) in [5, 5.41) is 6.35. The highest BCUT2D eigenvalue weighted by Gasteiger charge is 2.24. The van der Waals surface area contributed by atoms with Gasteiger partial charge in [0.15, 0.2) is 11.5 Å². The summed E-state index contributed by atoms with van der Waals surface area (Å²) in [4.78, 5) is 33.1. The molecule has 3 heterocycles. The Morgan fingerprint density at radius 2 is 1.88 bits per heavy atom. The maximum atomic E-state index is 12.3. The molecule has 0 unspecified atom stereocenters. The molecular formula is C23H26N6O3. The third kappa shape index (κ3) is 4.29. The fraction of sp³-hybridized carbons (Fsp3) is 0.391. The van der Waals surface area contributed by atoms with Crippen LogP contribution in [-0.2, 0) is 4.74 Å². The van der Waals surface area contributed by atoms with Crippen LogP contribution in [0.4, 0.5) is 5.82 Å². The van der Waals surface area contributed by atoms with Gasteiger partial charge in [-0.3, -0.25) is 14.0 Å². The average molecular weight is 435 g/mol. The fourth-order valence-electron chi connectivity index (χ4n) is 3.92. The molecule has 1 saturated heterocycles. The average Bonchev–Trinajstić information content (AvgIpc) is 3.53. The van der Waals surface area contributed by atoms with E-state index in [1.807, 2.05) is 16.5 Å². The molecule has 1 saturated carbocycles. The molecule has 5 rings (SSSR count). The van der Waals surface area contributed by atoms with E-state index >= 15 is 0 Å². The number of ether oxygens (including phenoxy) is 1. The van der Waals surface area contributed by atoms with Gasteiger partial charge in [-0.25, -0.2) is 9.97 Å². The van der Waals surface area contributed by atoms with Crippen LogP contribution >= 0.6 is 0 Å². The van der Waals surface area contributed by atoms with E-state index < -0.39 is 5.91 Å². The standard InChI is InChI=1S/C23H26N6O3/c24-20(30)18-13-29-19(15-1-3-16(4-2-15)23(31)27-17-5-6-17)12-26-22(29)21(28-18)25-11-14-7-9-32-10-8-14/h1-4,12-14,17H,5-11H2,(H2,24,30)(H,25,28)(H,27,31). The van der Waals surface area contributed by atoms with Crippen molar-refractivity contribution in [3.8, 4) is 11.3 Å². The Morgan fingerprint density at radius 3 is 2.56 bits per heavy atom. The summed E-state index contributed by atoms with van der Waals surface area (Å²) in [7, 11) is 0. The number of aromatic nitrogens is 3. The van der Waals surface area contributed by atoms with Gasteiger partial charge in [-0.2, -0.15) is 0 Å². The summed E-state index contributed by atoms with van der Waals surface area (Å²) in [5.74, 6) is 0.343. The highest BCUT2D eigenvalue weighted by atomic mass is 16.5. The summed E-state index contributed by atoms with van der Waals surface area (Å²) in [6, 6.07) is 7.67. The van der Waals surface area contributed by atoms with E-state index in [1.54, 1.807) is 24.5 Å². The summed E-state index contributed by atoms with van der Waals surface area (Å²) >= 11 is 0. The minimum absolute atomic E-state index is 0.0583. The SMILES string of the molecule is NC(=O)c1cn2c(-c3ccc(C(=O)NC4CC4)cc3)cnc2c(NCC2CCOCC2)n1. The lowest BCUT2D eigenvalue weighted by molar-refractivity contribution is 0.0699. The number of nitrogens with zero attached hydrogens (tertiary/aromatic N) is 3. The van der Waals surface area contributed by atoms with Crippen LogP contribution in [-0.4, -0.2) is 52.0 Å². The highest BCUT2D eigenvalue weighted by Crippen LogP contribution is 2.26. The molecule has 3 aromatic rings. The largest absolute Gasteiger partial charge is 0.381 e. The number of primary amides is 1. The second kappa shape index (κ2) is 8.58. The molecule has 32 heavy (non-hydrogen) atoms. The zero-order chi connectivity index (χ0) is 22.1. The van der Waals surface area contributed by atoms with Crippen molar-refractivity contribution in [1.29, 1.82) is 0 Å². The van der Waals surface area contributed by atoms with Crippen LogP contribution in [0.5, 0.6) is 0 Å². The van der Waals surface area contributed by atoms with Crippen molar-refractivity contribution in [2.45, 2.75) is 31.7 Å². The number of anilines is 1. The predicted molar refractivity (Wildman–Crippen MR) is 119 cm³/mol. The van der Waals surface area contributed by atoms with Gasteiger partial charge in [0.05, 0.1) is 11.9 Å². The first-order chi connectivity index (χ1) is 15.6. The van der Waals surface area contributed by atoms with E-state index in [0.29, 0.717) is 29.0 Å². The number of rotatable bonds is 7. The zero-order valence-corrected chi connectivity index (χ0v) is 17.7. The number of hydrogen-bond acceptors (Lipinski definition) is 6. The molecule has 9 heteroatoms. The van der Waals surface area contributed by atoms with Crippen molar-refractivity contribution in [2.75, 3.05) is 25.1 Å². The van der Waals surface area contributed by atoms with E-state index in [1.165, 1.54) is 0 Å². The zero-order valence-electron chi connectivity index (χ0n) is 17.7.